The summed E-state index contributed by atoms with van der Waals surface area (Å²) in [5, 5.41) is 5.40. The van der Waals surface area contributed by atoms with Crippen LogP contribution < -0.4 is 10.6 Å². The lowest BCUT2D eigenvalue weighted by Gasteiger charge is -2.14. The number of fused-ring (bicyclic) bond motifs is 3. The van der Waals surface area contributed by atoms with Crippen molar-refractivity contribution < 1.29 is 14.3 Å². The Morgan fingerprint density at radius 3 is 2.30 bits per heavy atom. The maximum absolute atomic E-state index is 12.2. The lowest BCUT2D eigenvalue weighted by molar-refractivity contribution is -0.114. The van der Waals surface area contributed by atoms with Crippen LogP contribution in [0.5, 0.6) is 0 Å². The van der Waals surface area contributed by atoms with E-state index in [1.165, 1.54) is 29.2 Å². The molecule has 2 N–H and O–H groups in total. The summed E-state index contributed by atoms with van der Waals surface area (Å²) in [6.07, 6.45) is 0.0352. The van der Waals surface area contributed by atoms with Gasteiger partial charge in [-0.05, 0) is 41.3 Å². The van der Waals surface area contributed by atoms with Gasteiger partial charge in [-0.2, -0.15) is 0 Å². The molecule has 1 heterocycles. The molecule has 0 saturated carbocycles. The molecule has 2 amide bonds. The summed E-state index contributed by atoms with van der Waals surface area (Å²) in [7, 11) is 0. The second kappa shape index (κ2) is 10.0. The molecule has 1 aliphatic carbocycles. The predicted molar refractivity (Wildman–Crippen MR) is 128 cm³/mol. The number of benzene rings is 2. The van der Waals surface area contributed by atoms with Crippen LogP contribution in [0, 0.1) is 18.8 Å². The highest BCUT2D eigenvalue weighted by Crippen LogP contribution is 2.44. The minimum Gasteiger partial charge on any atom is -0.449 e. The van der Waals surface area contributed by atoms with Crippen LogP contribution in [-0.2, 0) is 9.53 Å². The highest BCUT2D eigenvalue weighted by molar-refractivity contribution is 5.87. The minimum atomic E-state index is -0.448. The number of alkyl carbamates (subject to hydrolysis) is 1. The van der Waals surface area contributed by atoms with Crippen LogP contribution in [0.1, 0.15) is 41.6 Å². The molecule has 0 spiro atoms. The van der Waals surface area contributed by atoms with Crippen molar-refractivity contribution in [1.82, 2.24) is 10.3 Å². The van der Waals surface area contributed by atoms with Gasteiger partial charge in [0.15, 0.2) is 0 Å². The van der Waals surface area contributed by atoms with Gasteiger partial charge in [0.25, 0.3) is 0 Å². The van der Waals surface area contributed by atoms with Gasteiger partial charge in [0.2, 0.25) is 5.91 Å². The van der Waals surface area contributed by atoms with E-state index in [1.54, 1.807) is 6.07 Å². The standard InChI is InChI=1S/C27H25N3O3/c1-18-20(14-15-26(29-18)30-19(2)31)9-7-8-16-28-27(32)33-17-25-23-12-5-3-10-21(23)22-11-4-6-13-24(22)25/h3-6,10-15,25H,8,16-17H2,1-2H3,(H,28,32)(H,29,30,31). The molecule has 6 heteroatoms. The van der Waals surface area contributed by atoms with Gasteiger partial charge in [0, 0.05) is 31.4 Å². The number of rotatable bonds is 5. The SMILES string of the molecule is CC(=O)Nc1ccc(C#CCCNC(=O)OCC2c3ccccc3-c3ccccc32)c(C)n1. The zero-order valence-corrected chi connectivity index (χ0v) is 18.6. The third kappa shape index (κ3) is 5.21. The monoisotopic (exact) mass is 439 g/mol. The van der Waals surface area contributed by atoms with Crippen LogP contribution in [0.3, 0.4) is 0 Å². The van der Waals surface area contributed by atoms with E-state index in [1.807, 2.05) is 37.3 Å². The molecule has 166 valence electrons. The van der Waals surface area contributed by atoms with Gasteiger partial charge >= 0.3 is 6.09 Å². The average Bonchev–Trinajstić information content (AvgIpc) is 3.12. The third-order valence-electron chi connectivity index (χ3n) is 5.48. The zero-order chi connectivity index (χ0) is 23.2. The van der Waals surface area contributed by atoms with Gasteiger partial charge < -0.3 is 15.4 Å². The lowest BCUT2D eigenvalue weighted by Crippen LogP contribution is -2.26. The second-order valence-electron chi connectivity index (χ2n) is 7.81. The highest BCUT2D eigenvalue weighted by atomic mass is 16.5. The number of ether oxygens (including phenoxy) is 1. The third-order valence-corrected chi connectivity index (χ3v) is 5.48. The Labute approximate surface area is 193 Å². The first-order valence-electron chi connectivity index (χ1n) is 10.9. The fourth-order valence-corrected chi connectivity index (χ4v) is 3.98. The van der Waals surface area contributed by atoms with Crippen molar-refractivity contribution >= 4 is 17.8 Å². The summed E-state index contributed by atoms with van der Waals surface area (Å²) in [5.41, 5.74) is 6.29. The number of aryl methyl sites for hydroxylation is 1. The van der Waals surface area contributed by atoms with E-state index in [-0.39, 0.29) is 18.4 Å². The van der Waals surface area contributed by atoms with E-state index in [9.17, 15) is 9.59 Å². The predicted octanol–water partition coefficient (Wildman–Crippen LogP) is 4.63. The van der Waals surface area contributed by atoms with E-state index in [2.05, 4.69) is 51.7 Å². The first-order valence-corrected chi connectivity index (χ1v) is 10.9. The van der Waals surface area contributed by atoms with Gasteiger partial charge in [-0.1, -0.05) is 60.4 Å². The number of anilines is 1. The maximum atomic E-state index is 12.2. The molecular formula is C27H25N3O3. The number of nitrogens with zero attached hydrogens (tertiary/aromatic N) is 1. The van der Waals surface area contributed by atoms with Gasteiger partial charge in [0.1, 0.15) is 12.4 Å². The summed E-state index contributed by atoms with van der Waals surface area (Å²) in [6, 6.07) is 20.0. The van der Waals surface area contributed by atoms with E-state index < -0.39 is 6.09 Å². The highest BCUT2D eigenvalue weighted by Gasteiger charge is 2.28. The first kappa shape index (κ1) is 22.1. The van der Waals surface area contributed by atoms with Gasteiger partial charge in [0.05, 0.1) is 5.69 Å². The molecule has 0 atom stereocenters. The summed E-state index contributed by atoms with van der Waals surface area (Å²) in [5.74, 6) is 6.46. The van der Waals surface area contributed by atoms with Gasteiger partial charge in [-0.15, -0.1) is 0 Å². The fraction of sp³-hybridized carbons (Fsp3) is 0.222. The largest absolute Gasteiger partial charge is 0.449 e. The Hall–Kier alpha value is -4.11. The molecule has 1 aromatic heterocycles. The number of pyridine rings is 1. The summed E-state index contributed by atoms with van der Waals surface area (Å²) in [4.78, 5) is 27.6. The smallest absolute Gasteiger partial charge is 0.407 e. The lowest BCUT2D eigenvalue weighted by atomic mass is 9.98. The van der Waals surface area contributed by atoms with Crippen LogP contribution in [0.2, 0.25) is 0 Å². The van der Waals surface area contributed by atoms with Crippen LogP contribution >= 0.6 is 0 Å². The molecule has 33 heavy (non-hydrogen) atoms. The summed E-state index contributed by atoms with van der Waals surface area (Å²) < 4.78 is 5.53. The van der Waals surface area contributed by atoms with E-state index in [4.69, 9.17) is 4.74 Å². The topological polar surface area (TPSA) is 80.3 Å². The van der Waals surface area contributed by atoms with Crippen molar-refractivity contribution in [3.8, 4) is 23.0 Å². The fourth-order valence-electron chi connectivity index (χ4n) is 3.98. The number of carbonyl (C=O) groups excluding carboxylic acids is 2. The van der Waals surface area contributed by atoms with Crippen LogP contribution in [0.15, 0.2) is 60.7 Å². The molecular weight excluding hydrogens is 414 g/mol. The van der Waals surface area contributed by atoms with Gasteiger partial charge in [-0.3, -0.25) is 4.79 Å². The van der Waals surface area contributed by atoms with Crippen LogP contribution in [-0.4, -0.2) is 30.1 Å². The minimum absolute atomic E-state index is 0.0406. The van der Waals surface area contributed by atoms with E-state index in [0.29, 0.717) is 18.8 Å². The quantitative estimate of drug-likeness (QED) is 0.449. The number of hydrogen-bond donors (Lipinski definition) is 2. The second-order valence-corrected chi connectivity index (χ2v) is 7.81. The number of hydrogen-bond acceptors (Lipinski definition) is 4. The molecule has 0 aliphatic heterocycles. The molecule has 3 aromatic rings. The van der Waals surface area contributed by atoms with Crippen LogP contribution in [0.4, 0.5) is 10.6 Å². The Morgan fingerprint density at radius 2 is 1.67 bits per heavy atom. The van der Waals surface area contributed by atoms with Crippen molar-refractivity contribution in [2.24, 2.45) is 0 Å². The van der Waals surface area contributed by atoms with Crippen molar-refractivity contribution in [3.63, 3.8) is 0 Å². The zero-order valence-electron chi connectivity index (χ0n) is 18.6. The number of carbonyl (C=O) groups is 2. The van der Waals surface area contributed by atoms with Crippen molar-refractivity contribution in [2.75, 3.05) is 18.5 Å². The Balaban J connectivity index is 1.27. The van der Waals surface area contributed by atoms with Crippen molar-refractivity contribution in [1.29, 1.82) is 0 Å². The molecule has 0 unspecified atom stereocenters. The first-order chi connectivity index (χ1) is 16.0. The summed E-state index contributed by atoms with van der Waals surface area (Å²) in [6.45, 7) is 3.95. The van der Waals surface area contributed by atoms with Crippen molar-refractivity contribution in [3.05, 3.63) is 83.0 Å². The molecule has 0 saturated heterocycles. The van der Waals surface area contributed by atoms with Crippen LogP contribution in [0.25, 0.3) is 11.1 Å². The number of amides is 2. The normalized spacial score (nSPS) is 11.6. The molecule has 6 nitrogen and oxygen atoms in total. The molecule has 4 rings (SSSR count). The molecule has 0 radical (unpaired) electrons. The van der Waals surface area contributed by atoms with Crippen molar-refractivity contribution in [2.45, 2.75) is 26.2 Å². The molecule has 0 fully saturated rings. The Kier molecular flexibility index (Phi) is 6.70. The average molecular weight is 440 g/mol. The molecule has 2 aromatic carbocycles. The number of aromatic nitrogens is 1. The molecule has 0 bridgehead atoms. The molecule has 1 aliphatic rings. The number of nitrogens with one attached hydrogen (secondary N) is 2. The maximum Gasteiger partial charge on any atom is 0.407 e. The Bertz CT molecular complexity index is 1210. The van der Waals surface area contributed by atoms with E-state index in [0.717, 1.165) is 11.3 Å². The van der Waals surface area contributed by atoms with E-state index >= 15 is 0 Å². The Morgan fingerprint density at radius 1 is 1.00 bits per heavy atom. The summed E-state index contributed by atoms with van der Waals surface area (Å²) >= 11 is 0. The van der Waals surface area contributed by atoms with Gasteiger partial charge in [-0.25, -0.2) is 9.78 Å².